The van der Waals surface area contributed by atoms with Gasteiger partial charge in [0.1, 0.15) is 0 Å². The first-order chi connectivity index (χ1) is 6.24. The largest absolute Gasteiger partial charge is 0.468 e. The molecule has 0 radical (unpaired) electrons. The monoisotopic (exact) mass is 187 g/mol. The van der Waals surface area contributed by atoms with E-state index in [4.69, 9.17) is 0 Å². The van der Waals surface area contributed by atoms with Gasteiger partial charge in [0, 0.05) is 0 Å². The molecule has 0 N–H and O–H groups in total. The van der Waals surface area contributed by atoms with Crippen molar-refractivity contribution in [3.8, 4) is 0 Å². The first kappa shape index (κ1) is 12.4. The molecule has 78 valence electrons. The number of rotatable bonds is 7. The van der Waals surface area contributed by atoms with Gasteiger partial charge in [0.05, 0.1) is 13.7 Å². The lowest BCUT2D eigenvalue weighted by molar-refractivity contribution is -0.141. The van der Waals surface area contributed by atoms with Crippen LogP contribution in [0.1, 0.15) is 33.1 Å². The number of ether oxygens (including phenoxy) is 1. The van der Waals surface area contributed by atoms with Crippen LogP contribution in [0.5, 0.6) is 0 Å². The molecule has 0 aromatic heterocycles. The molecule has 0 saturated heterocycles. The van der Waals surface area contributed by atoms with Crippen molar-refractivity contribution in [3.05, 3.63) is 0 Å². The Balaban J connectivity index is 3.56. The lowest BCUT2D eigenvalue weighted by Gasteiger charge is -2.18. The maximum atomic E-state index is 10.9. The molecular weight excluding hydrogens is 166 g/mol. The summed E-state index contributed by atoms with van der Waals surface area (Å²) in [6.45, 7) is 6.58. The van der Waals surface area contributed by atoms with Crippen molar-refractivity contribution in [3.63, 3.8) is 0 Å². The fourth-order valence-corrected chi connectivity index (χ4v) is 1.18. The summed E-state index contributed by atoms with van der Waals surface area (Å²) in [6.07, 6.45) is 3.62. The summed E-state index contributed by atoms with van der Waals surface area (Å²) in [4.78, 5) is 13.1. The molecule has 13 heavy (non-hydrogen) atoms. The number of esters is 1. The second kappa shape index (κ2) is 8.05. The van der Waals surface area contributed by atoms with Crippen LogP contribution in [0.15, 0.2) is 0 Å². The van der Waals surface area contributed by atoms with Crippen molar-refractivity contribution in [1.82, 2.24) is 4.90 Å². The highest BCUT2D eigenvalue weighted by Gasteiger charge is 2.07. The molecule has 0 heterocycles. The van der Waals surface area contributed by atoms with Crippen LogP contribution >= 0.6 is 0 Å². The van der Waals surface area contributed by atoms with Gasteiger partial charge in [-0.2, -0.15) is 0 Å². The third kappa shape index (κ3) is 6.58. The summed E-state index contributed by atoms with van der Waals surface area (Å²) >= 11 is 0. The number of carbonyl (C=O) groups is 1. The van der Waals surface area contributed by atoms with E-state index in [1.165, 1.54) is 26.4 Å². The minimum atomic E-state index is -0.140. The molecule has 0 aromatic carbocycles. The Labute approximate surface area is 81.1 Å². The molecule has 0 saturated carbocycles. The number of methoxy groups -OCH3 is 1. The highest BCUT2D eigenvalue weighted by Crippen LogP contribution is 1.98. The van der Waals surface area contributed by atoms with Gasteiger partial charge in [-0.15, -0.1) is 0 Å². The van der Waals surface area contributed by atoms with Crippen LogP contribution in [0.3, 0.4) is 0 Å². The molecule has 0 aromatic rings. The van der Waals surface area contributed by atoms with Crippen molar-refractivity contribution in [2.24, 2.45) is 0 Å². The van der Waals surface area contributed by atoms with Gasteiger partial charge in [-0.25, -0.2) is 0 Å². The number of hydrogen-bond acceptors (Lipinski definition) is 3. The fraction of sp³-hybridized carbons (Fsp3) is 0.900. The average Bonchev–Trinajstić information content (AvgIpc) is 2.16. The Kier molecular flexibility index (Phi) is 7.69. The van der Waals surface area contributed by atoms with Crippen LogP contribution in [-0.4, -0.2) is 37.6 Å². The first-order valence-electron chi connectivity index (χ1n) is 5.03. The molecule has 0 aliphatic rings. The second-order valence-electron chi connectivity index (χ2n) is 3.15. The summed E-state index contributed by atoms with van der Waals surface area (Å²) in [5.74, 6) is -0.140. The molecule has 0 aliphatic heterocycles. The van der Waals surface area contributed by atoms with E-state index in [1.54, 1.807) is 0 Å². The van der Waals surface area contributed by atoms with E-state index in [0.29, 0.717) is 6.54 Å². The molecule has 0 spiro atoms. The maximum Gasteiger partial charge on any atom is 0.319 e. The number of unbranched alkanes of at least 4 members (excludes halogenated alkanes) is 2. The molecule has 0 aliphatic carbocycles. The molecule has 0 amide bonds. The van der Waals surface area contributed by atoms with Crippen LogP contribution < -0.4 is 0 Å². The second-order valence-corrected chi connectivity index (χ2v) is 3.15. The lowest BCUT2D eigenvalue weighted by Crippen LogP contribution is -2.31. The van der Waals surface area contributed by atoms with Crippen molar-refractivity contribution >= 4 is 5.97 Å². The average molecular weight is 187 g/mol. The molecule has 0 fully saturated rings. The van der Waals surface area contributed by atoms with Gasteiger partial charge in [-0.3, -0.25) is 9.69 Å². The highest BCUT2D eigenvalue weighted by molar-refractivity contribution is 5.71. The first-order valence-corrected chi connectivity index (χ1v) is 5.03. The molecule has 3 heteroatoms. The van der Waals surface area contributed by atoms with E-state index in [1.807, 2.05) is 0 Å². The topological polar surface area (TPSA) is 29.5 Å². The smallest absolute Gasteiger partial charge is 0.319 e. The van der Waals surface area contributed by atoms with Gasteiger partial charge in [-0.05, 0) is 19.5 Å². The normalized spacial score (nSPS) is 10.5. The molecule has 0 rings (SSSR count). The number of likely N-dealkylation sites (N-methyl/N-ethyl adjacent to an activating group) is 1. The number of nitrogens with zero attached hydrogens (tertiary/aromatic N) is 1. The van der Waals surface area contributed by atoms with E-state index < -0.39 is 0 Å². The Bertz CT molecular complexity index is 137. The van der Waals surface area contributed by atoms with Crippen molar-refractivity contribution < 1.29 is 9.53 Å². The Hall–Kier alpha value is -0.570. The van der Waals surface area contributed by atoms with Gasteiger partial charge in [0.25, 0.3) is 0 Å². The van der Waals surface area contributed by atoms with Crippen molar-refractivity contribution in [2.45, 2.75) is 33.1 Å². The molecule has 0 bridgehead atoms. The minimum absolute atomic E-state index is 0.140. The molecule has 0 atom stereocenters. The van der Waals surface area contributed by atoms with Crippen LogP contribution in [0.4, 0.5) is 0 Å². The summed E-state index contributed by atoms with van der Waals surface area (Å²) in [5.41, 5.74) is 0. The standard InChI is InChI=1S/C10H21NO2/c1-4-6-7-8-11(5-2)9-10(12)13-3/h4-9H2,1-3H3. The van der Waals surface area contributed by atoms with Crippen molar-refractivity contribution in [2.75, 3.05) is 26.7 Å². The predicted octanol–water partition coefficient (Wildman–Crippen LogP) is 1.67. The van der Waals surface area contributed by atoms with Gasteiger partial charge in [0.15, 0.2) is 0 Å². The predicted molar refractivity (Wildman–Crippen MR) is 53.7 cm³/mol. The van der Waals surface area contributed by atoms with E-state index in [-0.39, 0.29) is 5.97 Å². The third-order valence-electron chi connectivity index (χ3n) is 2.11. The van der Waals surface area contributed by atoms with Gasteiger partial charge in [-0.1, -0.05) is 26.7 Å². The molecule has 3 nitrogen and oxygen atoms in total. The Morgan fingerprint density at radius 1 is 1.31 bits per heavy atom. The SMILES string of the molecule is CCCCCN(CC)CC(=O)OC. The van der Waals surface area contributed by atoms with Crippen LogP contribution in [0.2, 0.25) is 0 Å². The van der Waals surface area contributed by atoms with Gasteiger partial charge < -0.3 is 4.74 Å². The van der Waals surface area contributed by atoms with Gasteiger partial charge >= 0.3 is 5.97 Å². The van der Waals surface area contributed by atoms with E-state index >= 15 is 0 Å². The fourth-order valence-electron chi connectivity index (χ4n) is 1.18. The Morgan fingerprint density at radius 3 is 2.46 bits per heavy atom. The van der Waals surface area contributed by atoms with Crippen LogP contribution in [0, 0.1) is 0 Å². The summed E-state index contributed by atoms with van der Waals surface area (Å²) in [6, 6.07) is 0. The maximum absolute atomic E-state index is 10.9. The summed E-state index contributed by atoms with van der Waals surface area (Å²) in [5, 5.41) is 0. The van der Waals surface area contributed by atoms with Crippen molar-refractivity contribution in [1.29, 1.82) is 0 Å². The van der Waals surface area contributed by atoms with E-state index in [2.05, 4.69) is 23.5 Å². The number of carbonyl (C=O) groups excluding carboxylic acids is 1. The Morgan fingerprint density at radius 2 is 2.00 bits per heavy atom. The molecule has 0 unspecified atom stereocenters. The minimum Gasteiger partial charge on any atom is -0.468 e. The van der Waals surface area contributed by atoms with E-state index in [0.717, 1.165) is 13.1 Å². The molecular formula is C10H21NO2. The zero-order chi connectivity index (χ0) is 10.1. The zero-order valence-electron chi connectivity index (χ0n) is 9.01. The van der Waals surface area contributed by atoms with Gasteiger partial charge in [0.2, 0.25) is 0 Å². The lowest BCUT2D eigenvalue weighted by atomic mass is 10.2. The third-order valence-corrected chi connectivity index (χ3v) is 2.11. The quantitative estimate of drug-likeness (QED) is 0.448. The summed E-state index contributed by atoms with van der Waals surface area (Å²) < 4.78 is 4.61. The summed E-state index contributed by atoms with van der Waals surface area (Å²) in [7, 11) is 1.43. The van der Waals surface area contributed by atoms with Crippen LogP contribution in [0.25, 0.3) is 0 Å². The van der Waals surface area contributed by atoms with Crippen LogP contribution in [-0.2, 0) is 9.53 Å². The highest BCUT2D eigenvalue weighted by atomic mass is 16.5. The van der Waals surface area contributed by atoms with E-state index in [9.17, 15) is 4.79 Å². The number of hydrogen-bond donors (Lipinski definition) is 0. The zero-order valence-corrected chi connectivity index (χ0v) is 9.01.